The van der Waals surface area contributed by atoms with Crippen LogP contribution in [-0.4, -0.2) is 45.2 Å². The monoisotopic (exact) mass is 347 g/mol. The second-order valence-corrected chi connectivity index (χ2v) is 7.40. The van der Waals surface area contributed by atoms with Gasteiger partial charge in [0.05, 0.1) is 19.1 Å². The second kappa shape index (κ2) is 7.49. The molecule has 2 aromatic heterocycles. The number of rotatable bonds is 5. The summed E-state index contributed by atoms with van der Waals surface area (Å²) in [7, 11) is 0. The van der Waals surface area contributed by atoms with Gasteiger partial charge in [0, 0.05) is 30.9 Å². The molecule has 1 N–H and O–H groups in total. The van der Waals surface area contributed by atoms with Gasteiger partial charge in [-0.05, 0) is 49.1 Å². The van der Waals surface area contributed by atoms with E-state index in [1.165, 1.54) is 0 Å². The zero-order valence-electron chi connectivity index (χ0n) is 14.3. The van der Waals surface area contributed by atoms with Crippen LogP contribution in [0.5, 0.6) is 0 Å². The van der Waals surface area contributed by atoms with Crippen molar-refractivity contribution in [1.29, 1.82) is 0 Å². The van der Waals surface area contributed by atoms with Crippen LogP contribution >= 0.6 is 11.3 Å². The van der Waals surface area contributed by atoms with Crippen LogP contribution in [0.4, 0.5) is 0 Å². The summed E-state index contributed by atoms with van der Waals surface area (Å²) in [5, 5.41) is 13.5. The number of aliphatic hydroxyl groups is 1. The average Bonchev–Trinajstić information content (AvgIpc) is 3.24. The van der Waals surface area contributed by atoms with Crippen molar-refractivity contribution in [2.75, 3.05) is 19.7 Å². The molecular weight excluding hydrogens is 322 g/mol. The number of aryl methyl sites for hydroxylation is 1. The van der Waals surface area contributed by atoms with Crippen LogP contribution in [0.2, 0.25) is 0 Å². The number of nitrogens with zero attached hydrogens (tertiary/aromatic N) is 3. The van der Waals surface area contributed by atoms with Crippen LogP contribution in [0.1, 0.15) is 48.8 Å². The maximum absolute atomic E-state index is 12.4. The summed E-state index contributed by atoms with van der Waals surface area (Å²) in [5.74, 6) is 1.63. The average molecular weight is 347 g/mol. The van der Waals surface area contributed by atoms with E-state index in [1.807, 2.05) is 41.8 Å². The molecule has 3 heterocycles. The summed E-state index contributed by atoms with van der Waals surface area (Å²) in [5.41, 5.74) is 2.19. The topological polar surface area (TPSA) is 58.4 Å². The third kappa shape index (κ3) is 3.54. The number of hydrogen-bond donors (Lipinski definition) is 1. The molecule has 130 valence electrons. The molecule has 24 heavy (non-hydrogen) atoms. The predicted molar refractivity (Wildman–Crippen MR) is 95.3 cm³/mol. The summed E-state index contributed by atoms with van der Waals surface area (Å²) in [6, 6.07) is 2.06. The highest BCUT2D eigenvalue weighted by atomic mass is 32.1. The quantitative estimate of drug-likeness (QED) is 0.905. The Morgan fingerprint density at radius 1 is 1.46 bits per heavy atom. The van der Waals surface area contributed by atoms with Gasteiger partial charge in [0.1, 0.15) is 5.82 Å². The molecule has 0 saturated carbocycles. The van der Waals surface area contributed by atoms with E-state index in [0.29, 0.717) is 12.3 Å². The highest BCUT2D eigenvalue weighted by molar-refractivity contribution is 7.07. The third-order valence-electron chi connectivity index (χ3n) is 4.86. The van der Waals surface area contributed by atoms with Gasteiger partial charge in [0.15, 0.2) is 0 Å². The Hall–Kier alpha value is -1.66. The summed E-state index contributed by atoms with van der Waals surface area (Å²) in [6.45, 7) is 5.72. The first-order valence-electron chi connectivity index (χ1n) is 8.53. The van der Waals surface area contributed by atoms with Crippen molar-refractivity contribution in [1.82, 2.24) is 14.5 Å². The van der Waals surface area contributed by atoms with Gasteiger partial charge in [-0.3, -0.25) is 4.79 Å². The van der Waals surface area contributed by atoms with Crippen molar-refractivity contribution in [2.45, 2.75) is 45.1 Å². The Bertz CT molecular complexity index is 673. The largest absolute Gasteiger partial charge is 0.394 e. The van der Waals surface area contributed by atoms with Crippen molar-refractivity contribution in [2.24, 2.45) is 0 Å². The molecule has 1 amide bonds. The normalized spacial score (nSPS) is 17.2. The van der Waals surface area contributed by atoms with E-state index >= 15 is 0 Å². The fourth-order valence-electron chi connectivity index (χ4n) is 3.49. The third-order valence-corrected chi connectivity index (χ3v) is 5.60. The summed E-state index contributed by atoms with van der Waals surface area (Å²) >= 11 is 1.63. The van der Waals surface area contributed by atoms with Gasteiger partial charge >= 0.3 is 0 Å². The minimum Gasteiger partial charge on any atom is -0.394 e. The maximum atomic E-state index is 12.4. The lowest BCUT2D eigenvalue weighted by atomic mass is 9.95. The number of carbonyl (C=O) groups is 1. The van der Waals surface area contributed by atoms with E-state index < -0.39 is 0 Å². The molecular formula is C18H25N3O2S. The lowest BCUT2D eigenvalue weighted by Gasteiger charge is -2.32. The maximum Gasteiger partial charge on any atom is 0.227 e. The molecule has 1 aliphatic rings. The summed E-state index contributed by atoms with van der Waals surface area (Å²) in [6.07, 6.45) is 4.26. The van der Waals surface area contributed by atoms with Gasteiger partial charge in [0.25, 0.3) is 0 Å². The molecule has 0 spiro atoms. The zero-order valence-corrected chi connectivity index (χ0v) is 15.1. The van der Waals surface area contributed by atoms with Crippen LogP contribution in [-0.2, 0) is 11.2 Å². The first-order valence-corrected chi connectivity index (χ1v) is 9.48. The standard InChI is InChI=1S/C18H25N3O2S/c1-13-10-19-18(21(13)14(2)11-22)16-3-6-20(7-4-16)17(23)9-15-5-8-24-12-15/h5,8,10,12,14,16,22H,3-4,6-7,9,11H2,1-2H3/t14-/m1/s1. The Labute approximate surface area is 146 Å². The van der Waals surface area contributed by atoms with E-state index in [2.05, 4.69) is 9.55 Å². The van der Waals surface area contributed by atoms with Crippen molar-refractivity contribution in [3.8, 4) is 0 Å². The molecule has 1 atom stereocenters. The molecule has 0 radical (unpaired) electrons. The van der Waals surface area contributed by atoms with Crippen molar-refractivity contribution >= 4 is 17.2 Å². The first-order chi connectivity index (χ1) is 11.6. The van der Waals surface area contributed by atoms with Gasteiger partial charge in [-0.1, -0.05) is 0 Å². The highest BCUT2D eigenvalue weighted by Gasteiger charge is 2.28. The van der Waals surface area contributed by atoms with Gasteiger partial charge in [-0.2, -0.15) is 11.3 Å². The molecule has 0 aliphatic carbocycles. The number of carbonyl (C=O) groups excluding carboxylic acids is 1. The van der Waals surface area contributed by atoms with Crippen LogP contribution in [0.3, 0.4) is 0 Å². The number of hydrogen-bond acceptors (Lipinski definition) is 4. The van der Waals surface area contributed by atoms with Crippen molar-refractivity contribution < 1.29 is 9.90 Å². The lowest BCUT2D eigenvalue weighted by Crippen LogP contribution is -2.39. The number of piperidine rings is 1. The Morgan fingerprint density at radius 3 is 2.83 bits per heavy atom. The van der Waals surface area contributed by atoms with Crippen molar-refractivity contribution in [3.05, 3.63) is 40.1 Å². The molecule has 6 heteroatoms. The van der Waals surface area contributed by atoms with Crippen LogP contribution in [0.25, 0.3) is 0 Å². The zero-order chi connectivity index (χ0) is 17.1. The molecule has 5 nitrogen and oxygen atoms in total. The molecule has 0 unspecified atom stereocenters. The number of aromatic nitrogens is 2. The van der Waals surface area contributed by atoms with Crippen LogP contribution in [0, 0.1) is 6.92 Å². The highest BCUT2D eigenvalue weighted by Crippen LogP contribution is 2.30. The summed E-state index contributed by atoms with van der Waals surface area (Å²) < 4.78 is 2.15. The van der Waals surface area contributed by atoms with Gasteiger partial charge in [-0.25, -0.2) is 4.98 Å². The van der Waals surface area contributed by atoms with E-state index in [0.717, 1.165) is 43.0 Å². The van der Waals surface area contributed by atoms with Crippen LogP contribution < -0.4 is 0 Å². The predicted octanol–water partition coefficient (Wildman–Crippen LogP) is 2.76. The number of likely N-dealkylation sites (tertiary alicyclic amines) is 1. The molecule has 1 aliphatic heterocycles. The van der Waals surface area contributed by atoms with Crippen molar-refractivity contribution in [3.63, 3.8) is 0 Å². The molecule has 0 bridgehead atoms. The fourth-order valence-corrected chi connectivity index (χ4v) is 4.16. The molecule has 3 rings (SSSR count). The minimum atomic E-state index is 0.0424. The van der Waals surface area contributed by atoms with E-state index in [9.17, 15) is 9.90 Å². The molecule has 2 aromatic rings. The minimum absolute atomic E-state index is 0.0424. The molecule has 1 saturated heterocycles. The fraction of sp³-hybridized carbons (Fsp3) is 0.556. The Morgan fingerprint density at radius 2 is 2.21 bits per heavy atom. The first kappa shape index (κ1) is 17.2. The lowest BCUT2D eigenvalue weighted by molar-refractivity contribution is -0.131. The number of aliphatic hydroxyl groups excluding tert-OH is 1. The Balaban J connectivity index is 1.62. The van der Waals surface area contributed by atoms with E-state index in [-0.39, 0.29) is 18.6 Å². The Kier molecular flexibility index (Phi) is 5.36. The van der Waals surface area contributed by atoms with E-state index in [4.69, 9.17) is 0 Å². The number of imidazole rings is 1. The van der Waals surface area contributed by atoms with Gasteiger partial charge < -0.3 is 14.6 Å². The summed E-state index contributed by atoms with van der Waals surface area (Å²) in [4.78, 5) is 19.0. The smallest absolute Gasteiger partial charge is 0.227 e. The van der Waals surface area contributed by atoms with E-state index in [1.54, 1.807) is 11.3 Å². The SMILES string of the molecule is Cc1cnc(C2CCN(C(=O)Cc3ccsc3)CC2)n1[C@H](C)CO. The van der Waals surface area contributed by atoms with Gasteiger partial charge in [-0.15, -0.1) is 0 Å². The number of amides is 1. The molecule has 0 aromatic carbocycles. The number of thiophene rings is 1. The second-order valence-electron chi connectivity index (χ2n) is 6.62. The molecule has 1 fully saturated rings. The van der Waals surface area contributed by atoms with Crippen LogP contribution in [0.15, 0.2) is 23.0 Å². The van der Waals surface area contributed by atoms with Gasteiger partial charge in [0.2, 0.25) is 5.91 Å².